The molecule has 0 saturated carbocycles. The highest BCUT2D eigenvalue weighted by Crippen LogP contribution is 2.27. The van der Waals surface area contributed by atoms with Gasteiger partial charge in [-0.3, -0.25) is 4.40 Å². The fraction of sp³-hybridized carbons (Fsp3) is 0.643. The molecule has 0 spiro atoms. The second-order valence-corrected chi connectivity index (χ2v) is 7.03. The molecule has 20 heavy (non-hydrogen) atoms. The van der Waals surface area contributed by atoms with Gasteiger partial charge in [0.05, 0.1) is 5.69 Å². The minimum absolute atomic E-state index is 0.141. The smallest absolute Gasteiger partial charge is 0.195 e. The van der Waals surface area contributed by atoms with E-state index >= 15 is 0 Å². The van der Waals surface area contributed by atoms with E-state index in [9.17, 15) is 0 Å². The van der Waals surface area contributed by atoms with E-state index in [0.717, 1.165) is 29.4 Å². The van der Waals surface area contributed by atoms with Gasteiger partial charge in [-0.05, 0) is 19.6 Å². The molecule has 2 unspecified atom stereocenters. The summed E-state index contributed by atoms with van der Waals surface area (Å²) in [5, 5.41) is 2.08. The zero-order valence-corrected chi connectivity index (χ0v) is 14.3. The SMILES string of the molecule is CCC(CSC)N(C)c1nc2sccn2c1CC(C)N. The molecule has 2 heterocycles. The van der Waals surface area contributed by atoms with E-state index < -0.39 is 0 Å². The number of aromatic nitrogens is 2. The normalized spacial score (nSPS) is 14.7. The van der Waals surface area contributed by atoms with Gasteiger partial charge in [-0.25, -0.2) is 4.98 Å². The maximum absolute atomic E-state index is 6.02. The molecule has 4 nitrogen and oxygen atoms in total. The topological polar surface area (TPSA) is 46.6 Å². The van der Waals surface area contributed by atoms with Gasteiger partial charge >= 0.3 is 0 Å². The van der Waals surface area contributed by atoms with Gasteiger partial charge in [0, 0.05) is 42.9 Å². The Hall–Kier alpha value is -0.720. The Bertz CT molecular complexity index is 546. The van der Waals surface area contributed by atoms with E-state index in [0.29, 0.717) is 6.04 Å². The number of fused-ring (bicyclic) bond motifs is 1. The predicted octanol–water partition coefficient (Wildman–Crippen LogP) is 2.86. The molecule has 2 rings (SSSR count). The summed E-state index contributed by atoms with van der Waals surface area (Å²) >= 11 is 3.57. The van der Waals surface area contributed by atoms with Crippen LogP contribution in [0.15, 0.2) is 11.6 Å². The summed E-state index contributed by atoms with van der Waals surface area (Å²) in [5.74, 6) is 2.21. The zero-order chi connectivity index (χ0) is 14.7. The molecule has 2 N–H and O–H groups in total. The molecule has 0 fully saturated rings. The number of anilines is 1. The second kappa shape index (κ2) is 6.83. The number of imidazole rings is 1. The monoisotopic (exact) mass is 312 g/mol. The van der Waals surface area contributed by atoms with Gasteiger partial charge in [0.15, 0.2) is 10.8 Å². The highest BCUT2D eigenvalue weighted by molar-refractivity contribution is 7.98. The van der Waals surface area contributed by atoms with Gasteiger partial charge < -0.3 is 10.6 Å². The van der Waals surface area contributed by atoms with Crippen LogP contribution in [0.5, 0.6) is 0 Å². The number of hydrogen-bond donors (Lipinski definition) is 1. The first-order valence-corrected chi connectivity index (χ1v) is 9.27. The summed E-state index contributed by atoms with van der Waals surface area (Å²) in [7, 11) is 2.15. The van der Waals surface area contributed by atoms with Crippen molar-refractivity contribution >= 4 is 33.9 Å². The molecule has 0 radical (unpaired) electrons. The lowest BCUT2D eigenvalue weighted by atomic mass is 10.1. The average Bonchev–Trinajstić information content (AvgIpc) is 2.97. The first kappa shape index (κ1) is 15.7. The molecule has 0 aliphatic rings. The van der Waals surface area contributed by atoms with Crippen LogP contribution in [0.4, 0.5) is 5.82 Å². The van der Waals surface area contributed by atoms with Crippen molar-refractivity contribution in [3.63, 3.8) is 0 Å². The molecule has 0 aliphatic heterocycles. The standard InChI is InChI=1S/C14H24N4S2/c1-5-11(9-19-4)17(3)13-12(8-10(2)15)18-6-7-20-14(18)16-13/h6-7,10-11H,5,8-9,15H2,1-4H3. The highest BCUT2D eigenvalue weighted by Gasteiger charge is 2.22. The van der Waals surface area contributed by atoms with Crippen molar-refractivity contribution in [3.8, 4) is 0 Å². The molecule has 0 saturated heterocycles. The number of rotatable bonds is 7. The van der Waals surface area contributed by atoms with E-state index in [1.165, 1.54) is 5.69 Å². The summed E-state index contributed by atoms with van der Waals surface area (Å²) in [6.07, 6.45) is 6.23. The predicted molar refractivity (Wildman–Crippen MR) is 91.3 cm³/mol. The van der Waals surface area contributed by atoms with Crippen molar-refractivity contribution in [2.24, 2.45) is 5.73 Å². The van der Waals surface area contributed by atoms with Crippen LogP contribution in [0.1, 0.15) is 26.0 Å². The highest BCUT2D eigenvalue weighted by atomic mass is 32.2. The largest absolute Gasteiger partial charge is 0.354 e. The molecule has 6 heteroatoms. The minimum Gasteiger partial charge on any atom is -0.354 e. The molecule has 0 amide bonds. The van der Waals surface area contributed by atoms with Crippen molar-refractivity contribution < 1.29 is 0 Å². The molecular weight excluding hydrogens is 288 g/mol. The van der Waals surface area contributed by atoms with Crippen LogP contribution >= 0.6 is 23.1 Å². The van der Waals surface area contributed by atoms with Gasteiger partial charge in [-0.2, -0.15) is 11.8 Å². The van der Waals surface area contributed by atoms with Gasteiger partial charge in [0.2, 0.25) is 0 Å². The van der Waals surface area contributed by atoms with Crippen LogP contribution in [0, 0.1) is 0 Å². The number of nitrogens with zero attached hydrogens (tertiary/aromatic N) is 3. The number of thiazole rings is 1. The summed E-state index contributed by atoms with van der Waals surface area (Å²) < 4.78 is 2.19. The van der Waals surface area contributed by atoms with E-state index in [2.05, 4.69) is 48.0 Å². The minimum atomic E-state index is 0.141. The first-order valence-electron chi connectivity index (χ1n) is 7.00. The van der Waals surface area contributed by atoms with Crippen molar-refractivity contribution in [2.45, 2.75) is 38.8 Å². The zero-order valence-electron chi connectivity index (χ0n) is 12.7. The van der Waals surface area contributed by atoms with Crippen molar-refractivity contribution in [1.82, 2.24) is 9.38 Å². The van der Waals surface area contributed by atoms with Crippen LogP contribution in [0.25, 0.3) is 4.96 Å². The molecule has 0 aromatic carbocycles. The average molecular weight is 313 g/mol. The van der Waals surface area contributed by atoms with Crippen molar-refractivity contribution in [3.05, 3.63) is 17.3 Å². The molecule has 2 atom stereocenters. The number of hydrogen-bond acceptors (Lipinski definition) is 5. The van der Waals surface area contributed by atoms with Crippen molar-refractivity contribution in [2.75, 3.05) is 24.0 Å². The molecule has 0 bridgehead atoms. The van der Waals surface area contributed by atoms with E-state index in [1.54, 1.807) is 11.3 Å². The maximum atomic E-state index is 6.02. The summed E-state index contributed by atoms with van der Waals surface area (Å²) in [6.45, 7) is 4.29. The van der Waals surface area contributed by atoms with E-state index in [4.69, 9.17) is 10.7 Å². The Morgan fingerprint density at radius 2 is 2.30 bits per heavy atom. The number of thioether (sulfide) groups is 1. The Labute approximate surface area is 129 Å². The first-order chi connectivity index (χ1) is 9.58. The van der Waals surface area contributed by atoms with Crippen LogP contribution in [-0.4, -0.2) is 40.5 Å². The summed E-state index contributed by atoms with van der Waals surface area (Å²) in [6, 6.07) is 0.656. The number of nitrogens with two attached hydrogens (primary N) is 1. The lowest BCUT2D eigenvalue weighted by molar-refractivity contribution is 0.655. The van der Waals surface area contributed by atoms with Gasteiger partial charge in [-0.15, -0.1) is 11.3 Å². The molecule has 0 aliphatic carbocycles. The van der Waals surface area contributed by atoms with E-state index in [1.807, 2.05) is 11.8 Å². The third-order valence-electron chi connectivity index (χ3n) is 3.57. The fourth-order valence-corrected chi connectivity index (χ4v) is 4.04. The maximum Gasteiger partial charge on any atom is 0.195 e. The fourth-order valence-electron chi connectivity index (χ4n) is 2.47. The molecule has 2 aromatic rings. The molecule has 2 aromatic heterocycles. The van der Waals surface area contributed by atoms with Crippen LogP contribution in [0.3, 0.4) is 0 Å². The van der Waals surface area contributed by atoms with Crippen LogP contribution in [-0.2, 0) is 6.42 Å². The summed E-state index contributed by atoms with van der Waals surface area (Å²) in [4.78, 5) is 8.20. The third-order valence-corrected chi connectivity index (χ3v) is 5.04. The van der Waals surface area contributed by atoms with Gasteiger partial charge in [0.25, 0.3) is 0 Å². The lowest BCUT2D eigenvalue weighted by Crippen LogP contribution is -2.34. The summed E-state index contributed by atoms with van der Waals surface area (Å²) in [5.41, 5.74) is 7.25. The van der Waals surface area contributed by atoms with Gasteiger partial charge in [0.1, 0.15) is 0 Å². The molecular formula is C14H24N4S2. The lowest BCUT2D eigenvalue weighted by Gasteiger charge is -2.28. The van der Waals surface area contributed by atoms with Crippen molar-refractivity contribution in [1.29, 1.82) is 0 Å². The Kier molecular flexibility index (Phi) is 5.35. The van der Waals surface area contributed by atoms with Crippen LogP contribution < -0.4 is 10.6 Å². The van der Waals surface area contributed by atoms with Gasteiger partial charge in [-0.1, -0.05) is 6.92 Å². The Balaban J connectivity index is 2.38. The molecule has 112 valence electrons. The quantitative estimate of drug-likeness (QED) is 0.854. The Morgan fingerprint density at radius 1 is 1.55 bits per heavy atom. The Morgan fingerprint density at radius 3 is 2.90 bits per heavy atom. The third kappa shape index (κ3) is 3.13. The second-order valence-electron chi connectivity index (χ2n) is 5.25. The van der Waals surface area contributed by atoms with Crippen LogP contribution in [0.2, 0.25) is 0 Å². The van der Waals surface area contributed by atoms with E-state index in [-0.39, 0.29) is 6.04 Å².